The first-order valence-corrected chi connectivity index (χ1v) is 8.58. The summed E-state index contributed by atoms with van der Waals surface area (Å²) >= 11 is 0. The van der Waals surface area contributed by atoms with Gasteiger partial charge in [-0.15, -0.1) is 0 Å². The number of hydrogen-bond donors (Lipinski definition) is 1. The van der Waals surface area contributed by atoms with E-state index >= 15 is 0 Å². The van der Waals surface area contributed by atoms with Gasteiger partial charge in [-0.1, -0.05) is 11.2 Å². The molecular weight excluding hydrogens is 360 g/mol. The first-order chi connectivity index (χ1) is 13.8. The molecule has 0 radical (unpaired) electrons. The summed E-state index contributed by atoms with van der Waals surface area (Å²) < 4.78 is 6.76. The zero-order valence-corrected chi connectivity index (χ0v) is 14.8. The Kier molecular flexibility index (Phi) is 5.09. The minimum absolute atomic E-state index is 0.130. The number of nitrogens with zero attached hydrogens (tertiary/aromatic N) is 7. The Labute approximate surface area is 159 Å². The molecule has 10 heteroatoms. The summed E-state index contributed by atoms with van der Waals surface area (Å²) in [5.41, 5.74) is 1.59. The van der Waals surface area contributed by atoms with Crippen molar-refractivity contribution < 1.29 is 9.32 Å². The Morgan fingerprint density at radius 2 is 2.11 bits per heavy atom. The van der Waals surface area contributed by atoms with Crippen molar-refractivity contribution in [3.05, 3.63) is 67.0 Å². The van der Waals surface area contributed by atoms with E-state index in [9.17, 15) is 4.79 Å². The zero-order valence-electron chi connectivity index (χ0n) is 14.8. The number of amides is 1. The lowest BCUT2D eigenvalue weighted by Gasteiger charge is -2.08. The fourth-order valence-corrected chi connectivity index (χ4v) is 2.56. The monoisotopic (exact) mass is 376 g/mol. The van der Waals surface area contributed by atoms with Gasteiger partial charge in [0.1, 0.15) is 12.7 Å². The maximum atomic E-state index is 12.2. The van der Waals surface area contributed by atoms with Crippen molar-refractivity contribution in [2.24, 2.45) is 0 Å². The van der Waals surface area contributed by atoms with E-state index in [4.69, 9.17) is 4.52 Å². The smallest absolute Gasteiger partial charge is 0.227 e. The maximum Gasteiger partial charge on any atom is 0.227 e. The van der Waals surface area contributed by atoms with Gasteiger partial charge in [-0.2, -0.15) is 10.1 Å². The van der Waals surface area contributed by atoms with Crippen LogP contribution in [-0.4, -0.2) is 40.8 Å². The molecule has 0 aromatic carbocycles. The topological polar surface area (TPSA) is 125 Å². The van der Waals surface area contributed by atoms with E-state index in [2.05, 4.69) is 35.5 Å². The third kappa shape index (κ3) is 4.06. The fourth-order valence-electron chi connectivity index (χ4n) is 2.56. The average Bonchev–Trinajstić information content (AvgIpc) is 3.44. The van der Waals surface area contributed by atoms with Gasteiger partial charge >= 0.3 is 0 Å². The van der Waals surface area contributed by atoms with Crippen LogP contribution in [0, 0.1) is 0 Å². The third-order valence-electron chi connectivity index (χ3n) is 3.93. The number of nitrogens with one attached hydrogen (secondary N) is 1. The Morgan fingerprint density at radius 1 is 1.18 bits per heavy atom. The molecule has 0 aliphatic carbocycles. The summed E-state index contributed by atoms with van der Waals surface area (Å²) in [6, 6.07) is 7.32. The lowest BCUT2D eigenvalue weighted by atomic mass is 10.2. The van der Waals surface area contributed by atoms with Gasteiger partial charge in [0, 0.05) is 49.1 Å². The summed E-state index contributed by atoms with van der Waals surface area (Å²) in [6.45, 7) is 0.326. The van der Waals surface area contributed by atoms with Crippen molar-refractivity contribution in [3.63, 3.8) is 0 Å². The molecule has 0 aliphatic heterocycles. The molecule has 4 aromatic heterocycles. The third-order valence-corrected chi connectivity index (χ3v) is 3.93. The van der Waals surface area contributed by atoms with Crippen LogP contribution in [0.3, 0.4) is 0 Å². The summed E-state index contributed by atoms with van der Waals surface area (Å²) in [5.74, 6) is 1.35. The zero-order chi connectivity index (χ0) is 19.2. The second-order valence-electron chi connectivity index (χ2n) is 5.86. The van der Waals surface area contributed by atoms with Crippen molar-refractivity contribution in [3.8, 4) is 17.2 Å². The van der Waals surface area contributed by atoms with Crippen molar-refractivity contribution in [2.45, 2.75) is 19.4 Å². The molecule has 4 heterocycles. The highest BCUT2D eigenvalue weighted by Crippen LogP contribution is 2.14. The fraction of sp³-hybridized carbons (Fsp3) is 0.167. The minimum Gasteiger partial charge on any atom is -0.352 e. The Bertz CT molecular complexity index is 1050. The normalized spacial score (nSPS) is 10.7. The molecule has 0 saturated carbocycles. The van der Waals surface area contributed by atoms with Crippen LogP contribution in [0.1, 0.15) is 17.9 Å². The second kappa shape index (κ2) is 8.16. The van der Waals surface area contributed by atoms with Crippen LogP contribution in [0.5, 0.6) is 0 Å². The predicted molar refractivity (Wildman–Crippen MR) is 96.9 cm³/mol. The van der Waals surface area contributed by atoms with E-state index < -0.39 is 0 Å². The molecule has 0 bridgehead atoms. The molecule has 1 amide bonds. The molecule has 10 nitrogen and oxygen atoms in total. The van der Waals surface area contributed by atoms with Gasteiger partial charge in [0.25, 0.3) is 0 Å². The van der Waals surface area contributed by atoms with Crippen LogP contribution in [0.2, 0.25) is 0 Å². The number of pyridine rings is 2. The van der Waals surface area contributed by atoms with E-state index in [0.29, 0.717) is 30.5 Å². The molecule has 140 valence electrons. The molecule has 0 fully saturated rings. The molecule has 0 atom stereocenters. The number of carbonyl (C=O) groups excluding carboxylic acids is 1. The quantitative estimate of drug-likeness (QED) is 0.512. The van der Waals surface area contributed by atoms with Crippen molar-refractivity contribution in [1.29, 1.82) is 0 Å². The SMILES string of the molecule is O=C(CCc1nc(-c2cccnc2)no1)NCc1cccnc1-n1cncn1. The molecule has 4 aromatic rings. The van der Waals surface area contributed by atoms with Gasteiger partial charge in [0.2, 0.25) is 17.6 Å². The number of hydrogen-bond acceptors (Lipinski definition) is 8. The van der Waals surface area contributed by atoms with Crippen LogP contribution in [0.25, 0.3) is 17.2 Å². The molecule has 0 aliphatic rings. The van der Waals surface area contributed by atoms with Crippen LogP contribution in [0.4, 0.5) is 0 Å². The second-order valence-corrected chi connectivity index (χ2v) is 5.86. The Morgan fingerprint density at radius 3 is 2.93 bits per heavy atom. The van der Waals surface area contributed by atoms with Gasteiger partial charge in [-0.05, 0) is 18.2 Å². The van der Waals surface area contributed by atoms with Crippen molar-refractivity contribution >= 4 is 5.91 Å². The summed E-state index contributed by atoms with van der Waals surface area (Å²) in [6.07, 6.45) is 8.56. The van der Waals surface area contributed by atoms with E-state index in [1.54, 1.807) is 41.7 Å². The first-order valence-electron chi connectivity index (χ1n) is 8.58. The molecular formula is C18H16N8O2. The van der Waals surface area contributed by atoms with E-state index in [1.807, 2.05) is 12.1 Å². The van der Waals surface area contributed by atoms with Crippen LogP contribution >= 0.6 is 0 Å². The number of carbonyl (C=O) groups is 1. The first kappa shape index (κ1) is 17.5. The Hall–Kier alpha value is -3.95. The standard InChI is InChI=1S/C18H16N8O2/c27-15(5-6-16-24-17(25-28-16)13-3-1-7-19-9-13)22-10-14-4-2-8-21-18(14)26-12-20-11-23-26/h1-4,7-9,11-12H,5-6,10H2,(H,22,27). The lowest BCUT2D eigenvalue weighted by Crippen LogP contribution is -2.24. The van der Waals surface area contributed by atoms with Crippen molar-refractivity contribution in [2.75, 3.05) is 0 Å². The van der Waals surface area contributed by atoms with E-state index in [-0.39, 0.29) is 12.3 Å². The van der Waals surface area contributed by atoms with Crippen LogP contribution in [0.15, 0.2) is 60.0 Å². The average molecular weight is 376 g/mol. The molecule has 0 saturated heterocycles. The highest BCUT2D eigenvalue weighted by molar-refractivity contribution is 5.76. The summed E-state index contributed by atoms with van der Waals surface area (Å²) in [5, 5.41) is 10.9. The van der Waals surface area contributed by atoms with Crippen molar-refractivity contribution in [1.82, 2.24) is 40.2 Å². The number of aromatic nitrogens is 7. The highest BCUT2D eigenvalue weighted by Gasteiger charge is 2.12. The van der Waals surface area contributed by atoms with E-state index in [0.717, 1.165) is 11.1 Å². The molecule has 0 unspecified atom stereocenters. The molecule has 0 spiro atoms. The molecule has 28 heavy (non-hydrogen) atoms. The molecule has 1 N–H and O–H groups in total. The highest BCUT2D eigenvalue weighted by atomic mass is 16.5. The summed E-state index contributed by atoms with van der Waals surface area (Å²) in [7, 11) is 0. The minimum atomic E-state index is -0.130. The number of aryl methyl sites for hydroxylation is 1. The molecule has 4 rings (SSSR count). The predicted octanol–water partition coefficient (Wildman–Crippen LogP) is 1.36. The maximum absolute atomic E-state index is 12.2. The Balaban J connectivity index is 1.32. The summed E-state index contributed by atoms with van der Waals surface area (Å²) in [4.78, 5) is 28.7. The van der Waals surface area contributed by atoms with Gasteiger partial charge in [-0.25, -0.2) is 14.6 Å². The van der Waals surface area contributed by atoms with E-state index in [1.165, 1.54) is 6.33 Å². The lowest BCUT2D eigenvalue weighted by molar-refractivity contribution is -0.121. The van der Waals surface area contributed by atoms with Gasteiger partial charge < -0.3 is 9.84 Å². The van der Waals surface area contributed by atoms with Gasteiger partial charge in [0.15, 0.2) is 5.82 Å². The van der Waals surface area contributed by atoms with Crippen LogP contribution < -0.4 is 5.32 Å². The largest absolute Gasteiger partial charge is 0.352 e. The van der Waals surface area contributed by atoms with Crippen LogP contribution in [-0.2, 0) is 17.8 Å². The van der Waals surface area contributed by atoms with Gasteiger partial charge in [-0.3, -0.25) is 9.78 Å². The number of rotatable bonds is 7. The van der Waals surface area contributed by atoms with Gasteiger partial charge in [0.05, 0.1) is 0 Å².